The fourth-order valence-electron chi connectivity index (χ4n) is 2.74. The molecule has 0 saturated heterocycles. The largest absolute Gasteiger partial charge is 0.424 e. The van der Waals surface area contributed by atoms with Crippen LogP contribution in [0.25, 0.3) is 0 Å². The number of carbonyl (C=O) groups is 3. The van der Waals surface area contributed by atoms with Crippen molar-refractivity contribution in [2.75, 3.05) is 10.6 Å². The lowest BCUT2D eigenvalue weighted by atomic mass is 10.1. The number of carbonyl (C=O) groups excluding carboxylic acids is 3. The number of hydrogen-bond acceptors (Lipinski definition) is 5. The smallest absolute Gasteiger partial charge is 0.308 e. The molecule has 0 unspecified atom stereocenters. The molecule has 0 aliphatic heterocycles. The highest BCUT2D eigenvalue weighted by molar-refractivity contribution is 7.10. The summed E-state index contributed by atoms with van der Waals surface area (Å²) in [6.07, 6.45) is 0.256. The van der Waals surface area contributed by atoms with E-state index in [9.17, 15) is 14.4 Å². The molecule has 0 aliphatic carbocycles. The number of aryl methyl sites for hydroxylation is 1. The number of esters is 1. The van der Waals surface area contributed by atoms with Gasteiger partial charge in [-0.25, -0.2) is 0 Å². The van der Waals surface area contributed by atoms with Crippen molar-refractivity contribution in [3.8, 4) is 5.75 Å². The topological polar surface area (TPSA) is 84.5 Å². The van der Waals surface area contributed by atoms with Crippen LogP contribution < -0.4 is 15.4 Å². The van der Waals surface area contributed by atoms with Gasteiger partial charge in [-0.1, -0.05) is 24.3 Å². The SMILES string of the molecule is CC(=O)Oc1cc(NC(=O)Cc2cccs2)ccc1NC(=O)c1ccccc1C. The molecule has 2 aromatic carbocycles. The minimum absolute atomic E-state index is 0.161. The van der Waals surface area contributed by atoms with Gasteiger partial charge < -0.3 is 15.4 Å². The molecule has 0 spiro atoms. The third-order valence-corrected chi connectivity index (χ3v) is 4.95. The van der Waals surface area contributed by atoms with Crippen LogP contribution in [0.2, 0.25) is 0 Å². The van der Waals surface area contributed by atoms with E-state index in [1.807, 2.05) is 36.6 Å². The van der Waals surface area contributed by atoms with E-state index < -0.39 is 5.97 Å². The lowest BCUT2D eigenvalue weighted by molar-refractivity contribution is -0.131. The van der Waals surface area contributed by atoms with Crippen molar-refractivity contribution in [3.63, 3.8) is 0 Å². The maximum atomic E-state index is 12.6. The van der Waals surface area contributed by atoms with Gasteiger partial charge in [0, 0.05) is 29.1 Å². The lowest BCUT2D eigenvalue weighted by Gasteiger charge is -2.14. The second-order valence-corrected chi connectivity index (χ2v) is 7.41. The van der Waals surface area contributed by atoms with Crippen molar-refractivity contribution < 1.29 is 19.1 Å². The lowest BCUT2D eigenvalue weighted by Crippen LogP contribution is -2.16. The average molecular weight is 408 g/mol. The predicted molar refractivity (Wildman–Crippen MR) is 114 cm³/mol. The summed E-state index contributed by atoms with van der Waals surface area (Å²) >= 11 is 1.50. The molecule has 0 aliphatic rings. The molecule has 1 aromatic heterocycles. The van der Waals surface area contributed by atoms with Gasteiger partial charge in [0.15, 0.2) is 5.75 Å². The van der Waals surface area contributed by atoms with Crippen LogP contribution in [0.5, 0.6) is 5.75 Å². The van der Waals surface area contributed by atoms with E-state index in [-0.39, 0.29) is 24.0 Å². The van der Waals surface area contributed by atoms with Gasteiger partial charge in [0.2, 0.25) is 5.91 Å². The Morgan fingerprint density at radius 3 is 2.48 bits per heavy atom. The van der Waals surface area contributed by atoms with Crippen molar-refractivity contribution in [2.24, 2.45) is 0 Å². The number of anilines is 2. The molecule has 1 heterocycles. The molecule has 148 valence electrons. The summed E-state index contributed by atoms with van der Waals surface area (Å²) in [5.74, 6) is -0.865. The third-order valence-electron chi connectivity index (χ3n) is 4.07. The van der Waals surface area contributed by atoms with E-state index in [2.05, 4.69) is 10.6 Å². The van der Waals surface area contributed by atoms with Crippen LogP contribution >= 0.6 is 11.3 Å². The molecule has 6 nitrogen and oxygen atoms in total. The molecule has 0 saturated carbocycles. The van der Waals surface area contributed by atoms with E-state index in [0.29, 0.717) is 16.9 Å². The summed E-state index contributed by atoms with van der Waals surface area (Å²) in [4.78, 5) is 37.3. The van der Waals surface area contributed by atoms with E-state index in [1.54, 1.807) is 24.3 Å². The van der Waals surface area contributed by atoms with Gasteiger partial charge >= 0.3 is 5.97 Å². The van der Waals surface area contributed by atoms with Crippen molar-refractivity contribution in [1.29, 1.82) is 0 Å². The zero-order valence-corrected chi connectivity index (χ0v) is 16.8. The number of nitrogens with one attached hydrogen (secondary N) is 2. The maximum Gasteiger partial charge on any atom is 0.308 e. The Labute approximate surface area is 172 Å². The minimum atomic E-state index is -0.529. The van der Waals surface area contributed by atoms with E-state index in [4.69, 9.17) is 4.74 Å². The Balaban J connectivity index is 1.78. The zero-order chi connectivity index (χ0) is 20.8. The third kappa shape index (κ3) is 5.52. The number of amides is 2. The fraction of sp³-hybridized carbons (Fsp3) is 0.136. The first-order chi connectivity index (χ1) is 13.9. The minimum Gasteiger partial charge on any atom is -0.424 e. The molecule has 0 atom stereocenters. The summed E-state index contributed by atoms with van der Waals surface area (Å²) in [6.45, 7) is 3.11. The zero-order valence-electron chi connectivity index (χ0n) is 16.0. The Kier molecular flexibility index (Phi) is 6.41. The maximum absolute atomic E-state index is 12.6. The highest BCUT2D eigenvalue weighted by Crippen LogP contribution is 2.29. The molecule has 2 amide bonds. The van der Waals surface area contributed by atoms with Gasteiger partial charge in [-0.3, -0.25) is 14.4 Å². The number of hydrogen-bond donors (Lipinski definition) is 2. The number of rotatable bonds is 6. The van der Waals surface area contributed by atoms with E-state index >= 15 is 0 Å². The van der Waals surface area contributed by atoms with E-state index in [1.165, 1.54) is 24.3 Å². The van der Waals surface area contributed by atoms with Crippen molar-refractivity contribution in [2.45, 2.75) is 20.3 Å². The summed E-state index contributed by atoms with van der Waals surface area (Å²) < 4.78 is 5.24. The van der Waals surface area contributed by atoms with Crippen molar-refractivity contribution in [1.82, 2.24) is 0 Å². The second-order valence-electron chi connectivity index (χ2n) is 6.38. The molecule has 3 rings (SSSR count). The average Bonchev–Trinajstić information content (AvgIpc) is 3.16. The molecule has 0 radical (unpaired) electrons. The summed E-state index contributed by atoms with van der Waals surface area (Å²) in [7, 11) is 0. The number of thiophene rings is 1. The molecule has 29 heavy (non-hydrogen) atoms. The molecular weight excluding hydrogens is 388 g/mol. The van der Waals surface area contributed by atoms with Crippen LogP contribution in [0.15, 0.2) is 60.0 Å². The fourth-order valence-corrected chi connectivity index (χ4v) is 3.44. The quantitative estimate of drug-likeness (QED) is 0.467. The summed E-state index contributed by atoms with van der Waals surface area (Å²) in [5.41, 5.74) is 2.16. The standard InChI is InChI=1S/C22H20N2O4S/c1-14-6-3-4-8-18(14)22(27)24-19-10-9-16(12-20(19)28-15(2)25)23-21(26)13-17-7-5-11-29-17/h3-12H,13H2,1-2H3,(H,23,26)(H,24,27). The predicted octanol–water partition coefficient (Wildman–Crippen LogP) is 4.42. The molecule has 3 aromatic rings. The summed E-state index contributed by atoms with van der Waals surface area (Å²) in [6, 6.07) is 15.7. The Morgan fingerprint density at radius 1 is 1.00 bits per heavy atom. The van der Waals surface area contributed by atoms with Crippen LogP contribution in [0.1, 0.15) is 27.7 Å². The Hall–Kier alpha value is -3.45. The first kappa shape index (κ1) is 20.3. The van der Waals surface area contributed by atoms with Crippen molar-refractivity contribution >= 4 is 40.5 Å². The van der Waals surface area contributed by atoms with Crippen LogP contribution in [-0.4, -0.2) is 17.8 Å². The molecular formula is C22H20N2O4S. The first-order valence-electron chi connectivity index (χ1n) is 8.94. The van der Waals surface area contributed by atoms with E-state index in [0.717, 1.165) is 10.4 Å². The van der Waals surface area contributed by atoms with Crippen LogP contribution in [0.4, 0.5) is 11.4 Å². The molecule has 2 N–H and O–H groups in total. The van der Waals surface area contributed by atoms with Crippen molar-refractivity contribution in [3.05, 3.63) is 76.0 Å². The number of ether oxygens (including phenoxy) is 1. The highest BCUT2D eigenvalue weighted by atomic mass is 32.1. The van der Waals surface area contributed by atoms with Gasteiger partial charge in [-0.05, 0) is 42.1 Å². The summed E-state index contributed by atoms with van der Waals surface area (Å²) in [5, 5.41) is 7.45. The van der Waals surface area contributed by atoms with Crippen LogP contribution in [0.3, 0.4) is 0 Å². The number of benzene rings is 2. The Morgan fingerprint density at radius 2 is 1.79 bits per heavy atom. The van der Waals surface area contributed by atoms with Gasteiger partial charge in [0.05, 0.1) is 12.1 Å². The molecule has 0 bridgehead atoms. The van der Waals surface area contributed by atoms with Gasteiger partial charge in [-0.15, -0.1) is 11.3 Å². The monoisotopic (exact) mass is 408 g/mol. The highest BCUT2D eigenvalue weighted by Gasteiger charge is 2.15. The first-order valence-corrected chi connectivity index (χ1v) is 9.82. The normalized spacial score (nSPS) is 10.3. The Bertz CT molecular complexity index is 1040. The van der Waals surface area contributed by atoms with Crippen LogP contribution in [0, 0.1) is 6.92 Å². The molecule has 0 fully saturated rings. The van der Waals surface area contributed by atoms with Gasteiger partial charge in [0.25, 0.3) is 5.91 Å². The van der Waals surface area contributed by atoms with Gasteiger partial charge in [-0.2, -0.15) is 0 Å². The van der Waals surface area contributed by atoms with Gasteiger partial charge in [0.1, 0.15) is 0 Å². The second kappa shape index (κ2) is 9.16. The van der Waals surface area contributed by atoms with Crippen LogP contribution in [-0.2, 0) is 16.0 Å². The molecule has 7 heteroatoms.